The van der Waals surface area contributed by atoms with E-state index in [9.17, 15) is 9.59 Å². The molecule has 0 saturated carbocycles. The number of amides is 2. The fourth-order valence-electron chi connectivity index (χ4n) is 4.34. The molecule has 0 spiro atoms. The van der Waals surface area contributed by atoms with Crippen LogP contribution in [0.25, 0.3) is 0 Å². The van der Waals surface area contributed by atoms with Crippen molar-refractivity contribution in [3.8, 4) is 0 Å². The average Bonchev–Trinajstić information content (AvgIpc) is 3.06. The summed E-state index contributed by atoms with van der Waals surface area (Å²) in [6, 6.07) is 17.4. The van der Waals surface area contributed by atoms with Crippen LogP contribution in [0.5, 0.6) is 0 Å². The van der Waals surface area contributed by atoms with Gasteiger partial charge >= 0.3 is 0 Å². The van der Waals surface area contributed by atoms with Gasteiger partial charge in [-0.05, 0) is 51.0 Å². The van der Waals surface area contributed by atoms with Crippen molar-refractivity contribution in [2.45, 2.75) is 46.2 Å². The molecule has 1 aliphatic heterocycles. The summed E-state index contributed by atoms with van der Waals surface area (Å²) in [5.74, 6) is -0.0347. The smallest absolute Gasteiger partial charge is 0.270 e. The molecule has 0 bridgehead atoms. The lowest BCUT2D eigenvalue weighted by Gasteiger charge is -2.43. The number of hydrogen-bond donors (Lipinski definition) is 0. The number of rotatable bonds is 3. The lowest BCUT2D eigenvalue weighted by Crippen LogP contribution is -2.47. The zero-order chi connectivity index (χ0) is 21.4. The van der Waals surface area contributed by atoms with Crippen LogP contribution in [0.3, 0.4) is 0 Å². The summed E-state index contributed by atoms with van der Waals surface area (Å²) >= 11 is 1.43. The highest BCUT2D eigenvalue weighted by Crippen LogP contribution is 2.43. The molecule has 30 heavy (non-hydrogen) atoms. The molecule has 0 saturated heterocycles. The molecule has 0 aliphatic carbocycles. The van der Waals surface area contributed by atoms with Crippen molar-refractivity contribution in [3.63, 3.8) is 0 Å². The highest BCUT2D eigenvalue weighted by atomic mass is 32.1. The predicted octanol–water partition coefficient (Wildman–Crippen LogP) is 5.29. The van der Waals surface area contributed by atoms with E-state index in [1.807, 2.05) is 85.2 Å². The van der Waals surface area contributed by atoms with Crippen LogP contribution in [0.4, 0.5) is 11.4 Å². The van der Waals surface area contributed by atoms with Gasteiger partial charge in [0.15, 0.2) is 0 Å². The minimum absolute atomic E-state index is 0.0121. The van der Waals surface area contributed by atoms with Crippen molar-refractivity contribution in [2.24, 2.45) is 0 Å². The maximum Gasteiger partial charge on any atom is 0.270 e. The van der Waals surface area contributed by atoms with Gasteiger partial charge in [0, 0.05) is 24.3 Å². The third kappa shape index (κ3) is 3.52. The van der Waals surface area contributed by atoms with E-state index < -0.39 is 0 Å². The molecule has 0 N–H and O–H groups in total. The second-order valence-electron chi connectivity index (χ2n) is 7.71. The molecule has 2 atom stereocenters. The first-order valence-electron chi connectivity index (χ1n) is 10.1. The van der Waals surface area contributed by atoms with Crippen molar-refractivity contribution in [1.29, 1.82) is 0 Å². The highest BCUT2D eigenvalue weighted by molar-refractivity contribution is 7.13. The Morgan fingerprint density at radius 1 is 1.07 bits per heavy atom. The zero-order valence-electron chi connectivity index (χ0n) is 17.6. The van der Waals surface area contributed by atoms with Crippen LogP contribution in [0.2, 0.25) is 0 Å². The number of benzene rings is 2. The average molecular weight is 420 g/mol. The molecule has 0 radical (unpaired) electrons. The van der Waals surface area contributed by atoms with Gasteiger partial charge in [0.2, 0.25) is 5.91 Å². The topological polar surface area (TPSA) is 53.5 Å². The first kappa shape index (κ1) is 20.3. The number of para-hydroxylation sites is 2. The highest BCUT2D eigenvalue weighted by Gasteiger charge is 2.38. The van der Waals surface area contributed by atoms with Gasteiger partial charge in [-0.15, -0.1) is 11.3 Å². The zero-order valence-corrected chi connectivity index (χ0v) is 18.4. The van der Waals surface area contributed by atoms with Crippen LogP contribution in [-0.4, -0.2) is 22.8 Å². The second-order valence-corrected chi connectivity index (χ2v) is 8.91. The Kier molecular flexibility index (Phi) is 5.43. The van der Waals surface area contributed by atoms with Gasteiger partial charge in [-0.1, -0.05) is 36.4 Å². The van der Waals surface area contributed by atoms with Crippen molar-refractivity contribution in [1.82, 2.24) is 4.98 Å². The van der Waals surface area contributed by atoms with E-state index in [1.54, 1.807) is 6.92 Å². The Morgan fingerprint density at radius 2 is 1.73 bits per heavy atom. The summed E-state index contributed by atoms with van der Waals surface area (Å²) < 4.78 is 0. The monoisotopic (exact) mass is 419 g/mol. The maximum absolute atomic E-state index is 13.5. The molecular weight excluding hydrogens is 394 g/mol. The molecule has 2 aromatic carbocycles. The molecule has 2 amide bonds. The number of aromatic nitrogens is 1. The van der Waals surface area contributed by atoms with Crippen LogP contribution in [0.1, 0.15) is 52.2 Å². The quantitative estimate of drug-likeness (QED) is 0.579. The van der Waals surface area contributed by atoms with Crippen LogP contribution in [-0.2, 0) is 4.79 Å². The number of aryl methyl sites for hydroxylation is 2. The van der Waals surface area contributed by atoms with Crippen LogP contribution in [0.15, 0.2) is 54.6 Å². The van der Waals surface area contributed by atoms with Crippen molar-refractivity contribution in [2.75, 3.05) is 9.80 Å². The Morgan fingerprint density at radius 3 is 2.37 bits per heavy atom. The summed E-state index contributed by atoms with van der Waals surface area (Å²) in [7, 11) is 0. The van der Waals surface area contributed by atoms with Gasteiger partial charge in [0.25, 0.3) is 5.91 Å². The Bertz CT molecular complexity index is 1090. The van der Waals surface area contributed by atoms with Crippen molar-refractivity contribution < 1.29 is 9.59 Å². The van der Waals surface area contributed by atoms with Gasteiger partial charge in [-0.25, -0.2) is 4.98 Å². The Balaban J connectivity index is 1.80. The predicted molar refractivity (Wildman–Crippen MR) is 121 cm³/mol. The van der Waals surface area contributed by atoms with Gasteiger partial charge < -0.3 is 9.80 Å². The number of fused-ring (bicyclic) bond motifs is 1. The molecule has 5 nitrogen and oxygen atoms in total. The van der Waals surface area contributed by atoms with E-state index in [-0.39, 0.29) is 23.9 Å². The Labute approximate surface area is 181 Å². The summed E-state index contributed by atoms with van der Waals surface area (Å²) in [5, 5.41) is 0.888. The molecule has 3 aromatic rings. The van der Waals surface area contributed by atoms with E-state index in [0.717, 1.165) is 27.6 Å². The van der Waals surface area contributed by atoms with E-state index in [0.29, 0.717) is 11.3 Å². The van der Waals surface area contributed by atoms with E-state index in [4.69, 9.17) is 0 Å². The summed E-state index contributed by atoms with van der Waals surface area (Å²) in [6.07, 6.45) is 0.661. The van der Waals surface area contributed by atoms with Gasteiger partial charge in [0.1, 0.15) is 4.88 Å². The molecule has 0 fully saturated rings. The lowest BCUT2D eigenvalue weighted by atomic mass is 9.89. The second kappa shape index (κ2) is 8.03. The van der Waals surface area contributed by atoms with Crippen molar-refractivity contribution >= 4 is 34.5 Å². The van der Waals surface area contributed by atoms with E-state index in [1.165, 1.54) is 11.3 Å². The molecule has 4 rings (SSSR count). The first-order valence-corrected chi connectivity index (χ1v) is 10.9. The van der Waals surface area contributed by atoms with Crippen LogP contribution >= 0.6 is 11.3 Å². The number of anilines is 2. The molecular formula is C24H25N3O2S. The molecule has 2 unspecified atom stereocenters. The number of thiazole rings is 1. The normalized spacial score (nSPS) is 18.1. The molecule has 154 valence electrons. The number of hydrogen-bond acceptors (Lipinski definition) is 4. The van der Waals surface area contributed by atoms with Crippen molar-refractivity contribution in [3.05, 3.63) is 75.7 Å². The largest absolute Gasteiger partial charge is 0.305 e. The van der Waals surface area contributed by atoms with E-state index in [2.05, 4.69) is 4.98 Å². The number of carbonyl (C=O) groups is 2. The fraction of sp³-hybridized carbons (Fsp3) is 0.292. The molecule has 1 aliphatic rings. The minimum atomic E-state index is -0.135. The number of nitrogens with zero attached hydrogens (tertiary/aromatic N) is 3. The van der Waals surface area contributed by atoms with Crippen LogP contribution in [0, 0.1) is 13.8 Å². The fourth-order valence-corrected chi connectivity index (χ4v) is 5.20. The standard InChI is InChI=1S/C24H25N3O2S/c1-15-14-22(27(18(4)28)19-10-6-5-7-11-19)20-12-8-9-13-21(20)26(15)24(29)23-16(2)25-17(3)30-23/h5-13,15,22H,14H2,1-4H3. The third-order valence-corrected chi connectivity index (χ3v) is 6.62. The van der Waals surface area contributed by atoms with Crippen LogP contribution < -0.4 is 9.80 Å². The van der Waals surface area contributed by atoms with Gasteiger partial charge in [-0.2, -0.15) is 0 Å². The SMILES string of the molecule is CC(=O)N(c1ccccc1)C1CC(C)N(C(=O)c2sc(C)nc2C)c2ccccc21. The summed E-state index contributed by atoms with van der Waals surface area (Å²) in [5.41, 5.74) is 3.48. The Hall–Kier alpha value is -2.99. The summed E-state index contributed by atoms with van der Waals surface area (Å²) in [6.45, 7) is 7.45. The minimum Gasteiger partial charge on any atom is -0.305 e. The maximum atomic E-state index is 13.5. The first-order chi connectivity index (χ1) is 14.4. The molecule has 6 heteroatoms. The van der Waals surface area contributed by atoms with E-state index >= 15 is 0 Å². The van der Waals surface area contributed by atoms with Gasteiger partial charge in [0.05, 0.1) is 16.7 Å². The van der Waals surface area contributed by atoms with Gasteiger partial charge in [-0.3, -0.25) is 9.59 Å². The third-order valence-electron chi connectivity index (χ3n) is 5.56. The number of carbonyl (C=O) groups excluding carboxylic acids is 2. The lowest BCUT2D eigenvalue weighted by molar-refractivity contribution is -0.117. The molecule has 1 aromatic heterocycles. The summed E-state index contributed by atoms with van der Waals surface area (Å²) in [4.78, 5) is 35.0. The molecule has 2 heterocycles.